The summed E-state index contributed by atoms with van der Waals surface area (Å²) in [6.45, 7) is 4.28. The summed E-state index contributed by atoms with van der Waals surface area (Å²) < 4.78 is 49.2. The Kier molecular flexibility index (Phi) is 4.95. The minimum atomic E-state index is -4.40. The van der Waals surface area contributed by atoms with Gasteiger partial charge in [-0.3, -0.25) is 0 Å². The standard InChI is InChI=1S/C15H17F3N2O2/c1-3-6-21-13-5-4-11(15(16,17)18)7-12(13)19-9-14-20-8-10(2)22-14/h4-5,7-8,19H,3,6,9H2,1-2H3. The van der Waals surface area contributed by atoms with Gasteiger partial charge in [-0.2, -0.15) is 13.2 Å². The third-order valence-corrected chi connectivity index (χ3v) is 2.87. The molecule has 1 aromatic carbocycles. The van der Waals surface area contributed by atoms with Gasteiger partial charge in [-0.25, -0.2) is 4.98 Å². The second kappa shape index (κ2) is 6.72. The van der Waals surface area contributed by atoms with Crippen molar-refractivity contribution in [1.82, 2.24) is 4.98 Å². The van der Waals surface area contributed by atoms with Crippen LogP contribution in [-0.4, -0.2) is 11.6 Å². The molecule has 22 heavy (non-hydrogen) atoms. The molecule has 0 aliphatic heterocycles. The number of ether oxygens (including phenoxy) is 1. The first-order valence-electron chi connectivity index (χ1n) is 6.89. The third-order valence-electron chi connectivity index (χ3n) is 2.87. The lowest BCUT2D eigenvalue weighted by Gasteiger charge is -2.15. The van der Waals surface area contributed by atoms with E-state index in [1.54, 1.807) is 13.1 Å². The zero-order valence-corrected chi connectivity index (χ0v) is 12.3. The van der Waals surface area contributed by atoms with Gasteiger partial charge in [0.15, 0.2) is 0 Å². The highest BCUT2D eigenvalue weighted by atomic mass is 19.4. The Hall–Kier alpha value is -2.18. The molecule has 0 bridgehead atoms. The molecule has 0 unspecified atom stereocenters. The fraction of sp³-hybridized carbons (Fsp3) is 0.400. The van der Waals surface area contributed by atoms with Crippen LogP contribution in [0, 0.1) is 6.92 Å². The second-order valence-electron chi connectivity index (χ2n) is 4.78. The molecule has 7 heteroatoms. The molecule has 0 amide bonds. The predicted molar refractivity (Wildman–Crippen MR) is 75.8 cm³/mol. The van der Waals surface area contributed by atoms with Crippen LogP contribution in [0.5, 0.6) is 5.75 Å². The number of benzene rings is 1. The minimum absolute atomic E-state index is 0.178. The highest BCUT2D eigenvalue weighted by molar-refractivity contribution is 5.58. The van der Waals surface area contributed by atoms with Crippen LogP contribution in [0.1, 0.15) is 30.6 Å². The quantitative estimate of drug-likeness (QED) is 0.858. The summed E-state index contributed by atoms with van der Waals surface area (Å²) >= 11 is 0. The van der Waals surface area contributed by atoms with Crippen molar-refractivity contribution in [2.75, 3.05) is 11.9 Å². The van der Waals surface area contributed by atoms with Gasteiger partial charge in [0.1, 0.15) is 11.5 Å². The average Bonchev–Trinajstić information content (AvgIpc) is 2.88. The molecule has 2 rings (SSSR count). The van der Waals surface area contributed by atoms with Gasteiger partial charge in [0, 0.05) is 0 Å². The summed E-state index contributed by atoms with van der Waals surface area (Å²) in [5, 5.41) is 2.88. The summed E-state index contributed by atoms with van der Waals surface area (Å²) in [6, 6.07) is 3.36. The second-order valence-corrected chi connectivity index (χ2v) is 4.78. The summed E-state index contributed by atoms with van der Waals surface area (Å²) in [5.74, 6) is 1.41. The van der Waals surface area contributed by atoms with Crippen molar-refractivity contribution in [3.05, 3.63) is 41.6 Å². The van der Waals surface area contributed by atoms with Gasteiger partial charge in [0.2, 0.25) is 5.89 Å². The van der Waals surface area contributed by atoms with Crippen LogP contribution in [0.4, 0.5) is 18.9 Å². The molecule has 1 aromatic heterocycles. The van der Waals surface area contributed by atoms with Crippen LogP contribution >= 0.6 is 0 Å². The molecule has 0 fully saturated rings. The molecule has 1 heterocycles. The molecular weight excluding hydrogens is 297 g/mol. The minimum Gasteiger partial charge on any atom is -0.491 e. The van der Waals surface area contributed by atoms with Crippen LogP contribution in [0.3, 0.4) is 0 Å². The first-order chi connectivity index (χ1) is 10.4. The Morgan fingerprint density at radius 2 is 2.09 bits per heavy atom. The van der Waals surface area contributed by atoms with E-state index in [4.69, 9.17) is 9.15 Å². The first kappa shape index (κ1) is 16.2. The maximum atomic E-state index is 12.8. The highest BCUT2D eigenvalue weighted by Crippen LogP contribution is 2.35. The van der Waals surface area contributed by atoms with Crippen molar-refractivity contribution in [2.45, 2.75) is 33.0 Å². The predicted octanol–water partition coefficient (Wildman–Crippen LogP) is 4.40. The zero-order valence-electron chi connectivity index (χ0n) is 12.3. The summed E-state index contributed by atoms with van der Waals surface area (Å²) in [4.78, 5) is 4.00. The fourth-order valence-corrected chi connectivity index (χ4v) is 1.84. The van der Waals surface area contributed by atoms with Crippen molar-refractivity contribution in [3.8, 4) is 5.75 Å². The molecule has 0 saturated carbocycles. The normalized spacial score (nSPS) is 11.5. The molecule has 120 valence electrons. The number of oxazole rings is 1. The summed E-state index contributed by atoms with van der Waals surface area (Å²) in [7, 11) is 0. The van der Waals surface area contributed by atoms with Gasteiger partial charge in [0.25, 0.3) is 0 Å². The van der Waals surface area contributed by atoms with Crippen LogP contribution in [0.2, 0.25) is 0 Å². The first-order valence-corrected chi connectivity index (χ1v) is 6.89. The van der Waals surface area contributed by atoms with E-state index in [2.05, 4.69) is 10.3 Å². The summed E-state index contributed by atoms with van der Waals surface area (Å²) in [5.41, 5.74) is -0.471. The van der Waals surface area contributed by atoms with E-state index in [-0.39, 0.29) is 12.2 Å². The number of halogens is 3. The molecule has 0 saturated heterocycles. The van der Waals surface area contributed by atoms with Crippen LogP contribution in [0.25, 0.3) is 0 Å². The van der Waals surface area contributed by atoms with Crippen LogP contribution in [0.15, 0.2) is 28.8 Å². The molecular formula is C15H17F3N2O2. The van der Waals surface area contributed by atoms with Crippen LogP contribution in [-0.2, 0) is 12.7 Å². The lowest BCUT2D eigenvalue weighted by Crippen LogP contribution is -2.08. The monoisotopic (exact) mass is 314 g/mol. The number of nitrogens with one attached hydrogen (secondary N) is 1. The number of rotatable bonds is 6. The number of anilines is 1. The van der Waals surface area contributed by atoms with Crippen LogP contribution < -0.4 is 10.1 Å². The zero-order chi connectivity index (χ0) is 16.2. The van der Waals surface area contributed by atoms with E-state index in [0.717, 1.165) is 18.6 Å². The molecule has 1 N–H and O–H groups in total. The molecule has 0 aliphatic carbocycles. The summed E-state index contributed by atoms with van der Waals surface area (Å²) in [6.07, 6.45) is -2.09. The molecule has 0 atom stereocenters. The largest absolute Gasteiger partial charge is 0.491 e. The van der Waals surface area contributed by atoms with Crippen molar-refractivity contribution >= 4 is 5.69 Å². The fourth-order valence-electron chi connectivity index (χ4n) is 1.84. The van der Waals surface area contributed by atoms with Gasteiger partial charge < -0.3 is 14.5 Å². The van der Waals surface area contributed by atoms with Gasteiger partial charge in [-0.15, -0.1) is 0 Å². The van der Waals surface area contributed by atoms with Crippen molar-refractivity contribution in [3.63, 3.8) is 0 Å². The topological polar surface area (TPSA) is 47.3 Å². The SMILES string of the molecule is CCCOc1ccc(C(F)(F)F)cc1NCc1ncc(C)o1. The van der Waals surface area contributed by atoms with Gasteiger partial charge in [-0.1, -0.05) is 6.92 Å². The Morgan fingerprint density at radius 1 is 1.32 bits per heavy atom. The number of hydrogen-bond donors (Lipinski definition) is 1. The number of nitrogens with zero attached hydrogens (tertiary/aromatic N) is 1. The number of aromatic nitrogens is 1. The van der Waals surface area contributed by atoms with E-state index in [1.165, 1.54) is 6.07 Å². The van der Waals surface area contributed by atoms with E-state index < -0.39 is 11.7 Å². The number of aryl methyl sites for hydroxylation is 1. The molecule has 0 spiro atoms. The van der Waals surface area contributed by atoms with Crippen molar-refractivity contribution < 1.29 is 22.3 Å². The Labute approximate surface area is 126 Å². The van der Waals surface area contributed by atoms with E-state index >= 15 is 0 Å². The average molecular weight is 314 g/mol. The van der Waals surface area contributed by atoms with E-state index in [1.807, 2.05) is 6.92 Å². The smallest absolute Gasteiger partial charge is 0.416 e. The molecule has 4 nitrogen and oxygen atoms in total. The maximum absolute atomic E-state index is 12.8. The van der Waals surface area contributed by atoms with Gasteiger partial charge in [-0.05, 0) is 31.5 Å². The molecule has 0 radical (unpaired) electrons. The van der Waals surface area contributed by atoms with E-state index in [0.29, 0.717) is 24.0 Å². The third kappa shape index (κ3) is 4.16. The number of hydrogen-bond acceptors (Lipinski definition) is 4. The molecule has 0 aliphatic rings. The van der Waals surface area contributed by atoms with Crippen molar-refractivity contribution in [2.24, 2.45) is 0 Å². The van der Waals surface area contributed by atoms with Gasteiger partial charge in [0.05, 0.1) is 30.6 Å². The lowest BCUT2D eigenvalue weighted by molar-refractivity contribution is -0.137. The van der Waals surface area contributed by atoms with E-state index in [9.17, 15) is 13.2 Å². The maximum Gasteiger partial charge on any atom is 0.416 e. The molecule has 2 aromatic rings. The lowest BCUT2D eigenvalue weighted by atomic mass is 10.1. The van der Waals surface area contributed by atoms with Crippen molar-refractivity contribution in [1.29, 1.82) is 0 Å². The highest BCUT2D eigenvalue weighted by Gasteiger charge is 2.31. The van der Waals surface area contributed by atoms with Gasteiger partial charge >= 0.3 is 6.18 Å². The number of alkyl halides is 3. The Balaban J connectivity index is 2.20. The Morgan fingerprint density at radius 3 is 2.68 bits per heavy atom. The Bertz CT molecular complexity index is 623.